The van der Waals surface area contributed by atoms with Crippen LogP contribution >= 0.6 is 0 Å². The highest BCUT2D eigenvalue weighted by Gasteiger charge is 2.20. The molecule has 0 aliphatic rings. The lowest BCUT2D eigenvalue weighted by Gasteiger charge is -1.97. The topological polar surface area (TPSA) is 39.7 Å². The summed E-state index contributed by atoms with van der Waals surface area (Å²) in [6, 6.07) is 0.405. The van der Waals surface area contributed by atoms with Crippen molar-refractivity contribution in [2.45, 2.75) is 19.9 Å². The molecule has 80 valence electrons. The summed E-state index contributed by atoms with van der Waals surface area (Å²) < 4.78 is 39.0. The van der Waals surface area contributed by atoms with E-state index >= 15 is 0 Å². The van der Waals surface area contributed by atoms with Crippen molar-refractivity contribution in [3.8, 4) is 0 Å². The van der Waals surface area contributed by atoms with Crippen LogP contribution in [0, 0.1) is 0 Å². The van der Waals surface area contributed by atoms with Crippen LogP contribution in [0.25, 0.3) is 0 Å². The maximum atomic E-state index is 9.75. The Morgan fingerprint density at radius 2 is 1.69 bits per heavy atom. The van der Waals surface area contributed by atoms with Gasteiger partial charge in [-0.2, -0.15) is 0 Å². The Morgan fingerprint density at radius 3 is 1.77 bits per heavy atom. The van der Waals surface area contributed by atoms with E-state index in [9.17, 15) is 17.3 Å². The van der Waals surface area contributed by atoms with Crippen molar-refractivity contribution in [2.24, 2.45) is 0 Å². The molecule has 0 aliphatic heterocycles. The maximum absolute atomic E-state index is 9.75. The zero-order chi connectivity index (χ0) is 11.1. The summed E-state index contributed by atoms with van der Waals surface area (Å²) in [5.74, 6) is 0. The van der Waals surface area contributed by atoms with Crippen LogP contribution < -0.4 is 11.1 Å². The third-order valence-corrected chi connectivity index (χ3v) is 0.929. The Balaban J connectivity index is 0. The summed E-state index contributed by atoms with van der Waals surface area (Å²) >= 11 is 0. The average Bonchev–Trinajstić information content (AvgIpc) is 1.82. The third kappa shape index (κ3) is 34.8. The largest absolute Gasteiger partial charge is 0.673 e. The quantitative estimate of drug-likeness (QED) is 0.509. The molecule has 1 atom stereocenters. The van der Waals surface area contributed by atoms with Gasteiger partial charge in [-0.15, -0.1) is 0 Å². The minimum Gasteiger partial charge on any atom is -0.418 e. The first-order chi connectivity index (χ1) is 5.66. The number of rotatable bonds is 2. The van der Waals surface area contributed by atoms with Crippen molar-refractivity contribution >= 4 is 7.25 Å². The number of quaternary nitrogens is 1. The third-order valence-electron chi connectivity index (χ3n) is 0.929. The minimum atomic E-state index is -6.00. The molecule has 1 unspecified atom stereocenters. The van der Waals surface area contributed by atoms with Crippen LogP contribution in [0.1, 0.15) is 13.8 Å². The van der Waals surface area contributed by atoms with Crippen molar-refractivity contribution in [1.29, 1.82) is 0 Å². The predicted octanol–water partition coefficient (Wildman–Crippen LogP) is 1.04. The fourth-order valence-electron chi connectivity index (χ4n) is 0.510. The van der Waals surface area contributed by atoms with Crippen LogP contribution in [0.3, 0.4) is 0 Å². The van der Waals surface area contributed by atoms with Gasteiger partial charge in [-0.1, -0.05) is 0 Å². The average molecular weight is 202 g/mol. The summed E-state index contributed by atoms with van der Waals surface area (Å²) in [7, 11) is -4.09. The Kier molecular flexibility index (Phi) is 7.69. The molecule has 0 aromatic rings. The van der Waals surface area contributed by atoms with Crippen LogP contribution in [0.4, 0.5) is 17.3 Å². The molecule has 0 saturated heterocycles. The first-order valence-electron chi connectivity index (χ1n) is 3.73. The predicted molar refractivity (Wildman–Crippen MR) is 45.4 cm³/mol. The molecule has 0 aromatic carbocycles. The molecule has 0 amide bonds. The van der Waals surface area contributed by atoms with E-state index in [1.807, 2.05) is 14.0 Å². The van der Waals surface area contributed by atoms with Gasteiger partial charge in [0, 0.05) is 12.7 Å². The monoisotopic (exact) mass is 202 g/mol. The highest BCUT2D eigenvalue weighted by molar-refractivity contribution is 6.50. The van der Waals surface area contributed by atoms with Gasteiger partial charge in [0.25, 0.3) is 0 Å². The standard InChI is InChI=1S/C6H14N2.BF4/c1-5(7)4-6(2)8-3;2-1(3,4)5/h4-5,8H,7H2,1-3H3;/q;-1/p+1. The van der Waals surface area contributed by atoms with E-state index in [0.717, 1.165) is 0 Å². The minimum absolute atomic E-state index is 0.405. The smallest absolute Gasteiger partial charge is 0.418 e. The molecule has 0 rings (SSSR count). The second kappa shape index (κ2) is 6.76. The van der Waals surface area contributed by atoms with Gasteiger partial charge in [0.05, 0.1) is 0 Å². The van der Waals surface area contributed by atoms with Gasteiger partial charge < -0.3 is 28.3 Å². The Labute approximate surface area is 75.3 Å². The highest BCUT2D eigenvalue weighted by Crippen LogP contribution is 2.06. The van der Waals surface area contributed by atoms with Crippen LogP contribution in [-0.2, 0) is 0 Å². The van der Waals surface area contributed by atoms with Gasteiger partial charge in [0.2, 0.25) is 0 Å². The van der Waals surface area contributed by atoms with E-state index in [0.29, 0.717) is 6.04 Å². The molecule has 0 fully saturated rings. The normalized spacial score (nSPS) is 14.3. The molecular formula is C6H15BF4N2. The lowest BCUT2D eigenvalue weighted by atomic mass is 10.3. The second-order valence-corrected chi connectivity index (χ2v) is 2.57. The molecule has 7 heteroatoms. The van der Waals surface area contributed by atoms with Crippen molar-refractivity contribution in [1.82, 2.24) is 5.32 Å². The number of hydrogen-bond donors (Lipinski definition) is 2. The first kappa shape index (κ1) is 14.8. The highest BCUT2D eigenvalue weighted by atomic mass is 19.5. The number of nitrogens with one attached hydrogen (secondary N) is 1. The van der Waals surface area contributed by atoms with E-state index in [-0.39, 0.29) is 0 Å². The van der Waals surface area contributed by atoms with E-state index in [2.05, 4.69) is 24.1 Å². The van der Waals surface area contributed by atoms with E-state index in [1.54, 1.807) is 0 Å². The van der Waals surface area contributed by atoms with Crippen molar-refractivity contribution in [3.05, 3.63) is 11.8 Å². The van der Waals surface area contributed by atoms with Crippen LogP contribution in [0.2, 0.25) is 0 Å². The van der Waals surface area contributed by atoms with E-state index in [1.165, 1.54) is 5.70 Å². The van der Waals surface area contributed by atoms with Crippen LogP contribution in [0.5, 0.6) is 0 Å². The van der Waals surface area contributed by atoms with Crippen LogP contribution in [-0.4, -0.2) is 20.3 Å². The van der Waals surface area contributed by atoms with Crippen LogP contribution in [0.15, 0.2) is 11.8 Å². The van der Waals surface area contributed by atoms with Crippen molar-refractivity contribution in [3.63, 3.8) is 0 Å². The molecule has 4 N–H and O–H groups in total. The van der Waals surface area contributed by atoms with Crippen molar-refractivity contribution in [2.75, 3.05) is 7.05 Å². The van der Waals surface area contributed by atoms with E-state index in [4.69, 9.17) is 0 Å². The lowest BCUT2D eigenvalue weighted by molar-refractivity contribution is -0.397. The molecule has 2 nitrogen and oxygen atoms in total. The second-order valence-electron chi connectivity index (χ2n) is 2.57. The zero-order valence-corrected chi connectivity index (χ0v) is 7.95. The van der Waals surface area contributed by atoms with Gasteiger partial charge in [0.15, 0.2) is 0 Å². The zero-order valence-electron chi connectivity index (χ0n) is 7.95. The van der Waals surface area contributed by atoms with Gasteiger partial charge in [-0.3, -0.25) is 0 Å². The molecular weight excluding hydrogens is 187 g/mol. The fraction of sp³-hybridized carbons (Fsp3) is 0.667. The number of hydrogen-bond acceptors (Lipinski definition) is 1. The Bertz CT molecular complexity index is 149. The van der Waals surface area contributed by atoms with Crippen molar-refractivity contribution < 1.29 is 23.0 Å². The number of halogens is 4. The SMILES string of the molecule is CNC(C)=CC(C)[NH3+].F[B-](F)(F)F. The first-order valence-corrected chi connectivity index (χ1v) is 3.73. The molecule has 0 bridgehead atoms. The molecule has 13 heavy (non-hydrogen) atoms. The summed E-state index contributed by atoms with van der Waals surface area (Å²) in [4.78, 5) is 0. The van der Waals surface area contributed by atoms with Gasteiger partial charge >= 0.3 is 7.25 Å². The number of allylic oxidation sites excluding steroid dienone is 1. The van der Waals surface area contributed by atoms with Gasteiger partial charge in [-0.05, 0) is 19.9 Å². The van der Waals surface area contributed by atoms with E-state index < -0.39 is 7.25 Å². The summed E-state index contributed by atoms with van der Waals surface area (Å²) in [5.41, 5.74) is 5.00. The molecule has 0 spiro atoms. The summed E-state index contributed by atoms with van der Waals surface area (Å²) in [5, 5.41) is 3.02. The molecule has 0 heterocycles. The Morgan fingerprint density at radius 1 is 1.38 bits per heavy atom. The summed E-state index contributed by atoms with van der Waals surface area (Å²) in [6.07, 6.45) is 2.08. The van der Waals surface area contributed by atoms with Gasteiger partial charge in [-0.25, -0.2) is 0 Å². The lowest BCUT2D eigenvalue weighted by Crippen LogP contribution is -2.58. The van der Waals surface area contributed by atoms with Gasteiger partial charge in [0.1, 0.15) is 6.04 Å². The molecule has 0 aliphatic carbocycles. The molecule has 0 aromatic heterocycles. The summed E-state index contributed by atoms with van der Waals surface area (Å²) in [6.45, 7) is 4.09. The Hall–Kier alpha value is -0.715. The molecule has 0 saturated carbocycles. The molecule has 0 radical (unpaired) electrons. The maximum Gasteiger partial charge on any atom is 0.673 e. The fourth-order valence-corrected chi connectivity index (χ4v) is 0.510.